The number of hydrogen-bond donors (Lipinski definition) is 1. The van der Waals surface area contributed by atoms with Crippen LogP contribution in [0.4, 0.5) is 0 Å². The highest BCUT2D eigenvalue weighted by molar-refractivity contribution is 5.96. The number of amides is 1. The van der Waals surface area contributed by atoms with Crippen molar-refractivity contribution in [1.82, 2.24) is 5.32 Å². The van der Waals surface area contributed by atoms with Crippen molar-refractivity contribution in [2.24, 2.45) is 0 Å². The summed E-state index contributed by atoms with van der Waals surface area (Å²) in [5.41, 5.74) is 1.59. The lowest BCUT2D eigenvalue weighted by Crippen LogP contribution is -2.28. The second kappa shape index (κ2) is 7.24. The molecule has 2 rings (SSSR count). The van der Waals surface area contributed by atoms with Crippen molar-refractivity contribution in [3.8, 4) is 5.75 Å². The largest absolute Gasteiger partial charge is 0.489 e. The summed E-state index contributed by atoms with van der Waals surface area (Å²) in [5, 5.41) is 2.55. The minimum absolute atomic E-state index is 0.0467. The molecule has 0 aliphatic carbocycles. The predicted octanol–water partition coefficient (Wildman–Crippen LogP) is 2.58. The van der Waals surface area contributed by atoms with Gasteiger partial charge in [0.15, 0.2) is 0 Å². The van der Waals surface area contributed by atoms with Crippen LogP contribution in [-0.2, 0) is 11.4 Å². The van der Waals surface area contributed by atoms with E-state index in [1.54, 1.807) is 24.3 Å². The van der Waals surface area contributed by atoms with Crippen LogP contribution in [0.5, 0.6) is 5.75 Å². The van der Waals surface area contributed by atoms with E-state index >= 15 is 0 Å². The van der Waals surface area contributed by atoms with Gasteiger partial charge >= 0.3 is 0 Å². The fourth-order valence-corrected chi connectivity index (χ4v) is 1.75. The van der Waals surface area contributed by atoms with E-state index in [9.17, 15) is 9.59 Å². The fraction of sp³-hybridized carbons (Fsp3) is 0.176. The van der Waals surface area contributed by atoms with Gasteiger partial charge in [0, 0.05) is 5.56 Å². The molecule has 4 heteroatoms. The maximum Gasteiger partial charge on any atom is 0.251 e. The quantitative estimate of drug-likeness (QED) is 0.886. The Bertz CT molecular complexity index is 606. The molecule has 0 aromatic heterocycles. The summed E-state index contributed by atoms with van der Waals surface area (Å²) in [5.74, 6) is 0.355. The number of benzene rings is 2. The Morgan fingerprint density at radius 1 is 1.00 bits per heavy atom. The summed E-state index contributed by atoms with van der Waals surface area (Å²) < 4.78 is 5.64. The van der Waals surface area contributed by atoms with Gasteiger partial charge in [0.2, 0.25) is 0 Å². The van der Waals surface area contributed by atoms with Gasteiger partial charge in [0.05, 0.1) is 6.54 Å². The van der Waals surface area contributed by atoms with E-state index in [4.69, 9.17) is 4.74 Å². The Hall–Kier alpha value is -2.62. The molecule has 21 heavy (non-hydrogen) atoms. The van der Waals surface area contributed by atoms with Gasteiger partial charge in [-0.1, -0.05) is 30.3 Å². The second-order valence-corrected chi connectivity index (χ2v) is 4.68. The minimum Gasteiger partial charge on any atom is -0.489 e. The van der Waals surface area contributed by atoms with Crippen molar-refractivity contribution in [3.05, 3.63) is 65.7 Å². The summed E-state index contributed by atoms with van der Waals surface area (Å²) in [7, 11) is 0. The molecule has 0 spiro atoms. The first-order valence-electron chi connectivity index (χ1n) is 6.69. The Balaban J connectivity index is 1.89. The van der Waals surface area contributed by atoms with Gasteiger partial charge in [0.1, 0.15) is 18.1 Å². The molecule has 0 heterocycles. The molecular weight excluding hydrogens is 266 g/mol. The van der Waals surface area contributed by atoms with Crippen molar-refractivity contribution in [3.63, 3.8) is 0 Å². The monoisotopic (exact) mass is 283 g/mol. The van der Waals surface area contributed by atoms with Crippen LogP contribution in [-0.4, -0.2) is 18.2 Å². The minimum atomic E-state index is -0.264. The summed E-state index contributed by atoms with van der Waals surface area (Å²) in [6.45, 7) is 1.96. The van der Waals surface area contributed by atoms with Gasteiger partial charge in [-0.2, -0.15) is 0 Å². The summed E-state index contributed by atoms with van der Waals surface area (Å²) >= 11 is 0. The highest BCUT2D eigenvalue weighted by atomic mass is 16.5. The first-order chi connectivity index (χ1) is 10.1. The third kappa shape index (κ3) is 4.76. The molecule has 108 valence electrons. The number of rotatable bonds is 6. The van der Waals surface area contributed by atoms with E-state index in [0.717, 1.165) is 5.56 Å². The van der Waals surface area contributed by atoms with Gasteiger partial charge in [-0.05, 0) is 36.8 Å². The summed E-state index contributed by atoms with van der Waals surface area (Å²) in [4.78, 5) is 22.6. The smallest absolute Gasteiger partial charge is 0.251 e. The van der Waals surface area contributed by atoms with Crippen molar-refractivity contribution in [2.45, 2.75) is 13.5 Å². The number of carbonyl (C=O) groups excluding carboxylic acids is 2. The van der Waals surface area contributed by atoms with E-state index in [1.165, 1.54) is 6.92 Å². The topological polar surface area (TPSA) is 55.4 Å². The van der Waals surface area contributed by atoms with Crippen LogP contribution >= 0.6 is 0 Å². The van der Waals surface area contributed by atoms with Gasteiger partial charge in [-0.15, -0.1) is 0 Å². The van der Waals surface area contributed by atoms with E-state index in [2.05, 4.69) is 5.32 Å². The number of ether oxygens (including phenoxy) is 1. The van der Waals surface area contributed by atoms with Gasteiger partial charge < -0.3 is 10.1 Å². The number of ketones is 1. The highest BCUT2D eigenvalue weighted by Crippen LogP contribution is 2.14. The average Bonchev–Trinajstić information content (AvgIpc) is 2.52. The maximum absolute atomic E-state index is 11.7. The molecule has 4 nitrogen and oxygen atoms in total. The molecular formula is C17H17NO3. The lowest BCUT2D eigenvalue weighted by atomic mass is 10.2. The predicted molar refractivity (Wildman–Crippen MR) is 80.2 cm³/mol. The van der Waals surface area contributed by atoms with Crippen LogP contribution < -0.4 is 10.1 Å². The third-order valence-electron chi connectivity index (χ3n) is 2.86. The van der Waals surface area contributed by atoms with E-state index in [1.807, 2.05) is 30.3 Å². The van der Waals surface area contributed by atoms with Crippen LogP contribution in [0.25, 0.3) is 0 Å². The Labute approximate surface area is 123 Å². The molecule has 1 N–H and O–H groups in total. The summed E-state index contributed by atoms with van der Waals surface area (Å²) in [6.07, 6.45) is 0. The number of carbonyl (C=O) groups is 2. The molecule has 1 amide bonds. The Morgan fingerprint density at radius 2 is 1.67 bits per heavy atom. The zero-order valence-corrected chi connectivity index (χ0v) is 11.8. The SMILES string of the molecule is CC(=O)CNC(=O)c1ccc(OCc2ccccc2)cc1. The third-order valence-corrected chi connectivity index (χ3v) is 2.86. The van der Waals surface area contributed by atoms with Gasteiger partial charge in [-0.3, -0.25) is 9.59 Å². The Kier molecular flexibility index (Phi) is 5.10. The van der Waals surface area contributed by atoms with Crippen LogP contribution in [0.1, 0.15) is 22.8 Å². The molecule has 0 aliphatic rings. The number of hydrogen-bond acceptors (Lipinski definition) is 3. The van der Waals surface area contributed by atoms with Crippen molar-refractivity contribution < 1.29 is 14.3 Å². The molecule has 0 aliphatic heterocycles. The van der Waals surface area contributed by atoms with E-state index < -0.39 is 0 Å². The summed E-state index contributed by atoms with van der Waals surface area (Å²) in [6, 6.07) is 16.7. The normalized spacial score (nSPS) is 9.95. The number of Topliss-reactive ketones (excluding diaryl/α,β-unsaturated/α-hetero) is 1. The average molecular weight is 283 g/mol. The van der Waals surface area contributed by atoms with Crippen molar-refractivity contribution in [2.75, 3.05) is 6.54 Å². The first-order valence-corrected chi connectivity index (χ1v) is 6.69. The lowest BCUT2D eigenvalue weighted by molar-refractivity contribution is -0.116. The standard InChI is InChI=1S/C17H17NO3/c1-13(19)11-18-17(20)15-7-9-16(10-8-15)21-12-14-5-3-2-4-6-14/h2-10H,11-12H2,1H3,(H,18,20). The molecule has 2 aromatic carbocycles. The molecule has 2 aromatic rings. The Morgan fingerprint density at radius 3 is 2.29 bits per heavy atom. The molecule has 0 saturated heterocycles. The maximum atomic E-state index is 11.7. The molecule has 0 saturated carbocycles. The molecule has 0 unspecified atom stereocenters. The lowest BCUT2D eigenvalue weighted by Gasteiger charge is -2.07. The fourth-order valence-electron chi connectivity index (χ4n) is 1.75. The van der Waals surface area contributed by atoms with Crippen LogP contribution in [0.2, 0.25) is 0 Å². The highest BCUT2D eigenvalue weighted by Gasteiger charge is 2.06. The van der Waals surface area contributed by atoms with Gasteiger partial charge in [-0.25, -0.2) is 0 Å². The van der Waals surface area contributed by atoms with E-state index in [-0.39, 0.29) is 18.2 Å². The molecule has 0 bridgehead atoms. The van der Waals surface area contributed by atoms with Crippen LogP contribution in [0, 0.1) is 0 Å². The number of nitrogens with one attached hydrogen (secondary N) is 1. The second-order valence-electron chi connectivity index (χ2n) is 4.68. The van der Waals surface area contributed by atoms with Gasteiger partial charge in [0.25, 0.3) is 5.91 Å². The van der Waals surface area contributed by atoms with Crippen molar-refractivity contribution in [1.29, 1.82) is 0 Å². The first kappa shape index (κ1) is 14.8. The zero-order valence-electron chi connectivity index (χ0n) is 11.8. The molecule has 0 fully saturated rings. The van der Waals surface area contributed by atoms with E-state index in [0.29, 0.717) is 17.9 Å². The van der Waals surface area contributed by atoms with Crippen molar-refractivity contribution >= 4 is 11.7 Å². The molecule has 0 atom stereocenters. The zero-order chi connectivity index (χ0) is 15.1. The molecule has 0 radical (unpaired) electrons. The van der Waals surface area contributed by atoms with Crippen LogP contribution in [0.3, 0.4) is 0 Å². The van der Waals surface area contributed by atoms with Crippen LogP contribution in [0.15, 0.2) is 54.6 Å².